The minimum absolute atomic E-state index is 0.508. The molecule has 1 saturated heterocycles. The van der Waals surface area contributed by atoms with Gasteiger partial charge in [0, 0.05) is 0 Å². The van der Waals surface area contributed by atoms with Gasteiger partial charge in [0.15, 0.2) is 0 Å². The fourth-order valence-electron chi connectivity index (χ4n) is 5.46. The lowest BCUT2D eigenvalue weighted by Gasteiger charge is -2.34. The zero-order valence-corrected chi connectivity index (χ0v) is 21.5. The smallest absolute Gasteiger partial charge is 0.134 e. The summed E-state index contributed by atoms with van der Waals surface area (Å²) in [6.07, 6.45) is 26.4. The number of aliphatic hydroxyl groups excluding tert-OH is 2. The fourth-order valence-corrected chi connectivity index (χ4v) is 5.46. The average Bonchev–Trinajstić information content (AvgIpc) is 3.04. The SMILES string of the molecule is CCCCCCCCCCCC[N+]1(CCCCCCCCCCCC)CC(O)C(O)C1. The monoisotopic (exact) mass is 440 g/mol. The molecule has 0 radical (unpaired) electrons. The quantitative estimate of drug-likeness (QED) is 0.136. The predicted octanol–water partition coefficient (Wildman–Crippen LogP) is 7.38. The summed E-state index contributed by atoms with van der Waals surface area (Å²) < 4.78 is 0.969. The maximum absolute atomic E-state index is 10.2. The average molecular weight is 441 g/mol. The van der Waals surface area contributed by atoms with Crippen LogP contribution in [0.3, 0.4) is 0 Å². The van der Waals surface area contributed by atoms with Gasteiger partial charge in [-0.3, -0.25) is 0 Å². The first kappa shape index (κ1) is 28.9. The summed E-state index contributed by atoms with van der Waals surface area (Å²) in [6.45, 7) is 8.42. The number of unbranched alkanes of at least 4 members (excludes halogenated alkanes) is 18. The van der Waals surface area contributed by atoms with Crippen LogP contribution in [-0.4, -0.2) is 53.1 Å². The van der Waals surface area contributed by atoms with E-state index in [0.717, 1.165) is 30.7 Å². The van der Waals surface area contributed by atoms with Crippen molar-refractivity contribution in [3.05, 3.63) is 0 Å². The molecule has 0 spiro atoms. The Labute approximate surface area is 195 Å². The zero-order chi connectivity index (χ0) is 22.6. The second kappa shape index (κ2) is 19.4. The molecule has 2 atom stereocenters. The van der Waals surface area contributed by atoms with Crippen molar-refractivity contribution in [1.29, 1.82) is 0 Å². The Bertz CT molecular complexity index is 351. The van der Waals surface area contributed by atoms with Gasteiger partial charge in [-0.15, -0.1) is 0 Å². The Hall–Kier alpha value is -0.120. The van der Waals surface area contributed by atoms with E-state index in [1.54, 1.807) is 0 Å². The van der Waals surface area contributed by atoms with Gasteiger partial charge in [0.2, 0.25) is 0 Å². The Morgan fingerprint density at radius 3 is 1.00 bits per heavy atom. The molecular weight excluding hydrogens is 382 g/mol. The van der Waals surface area contributed by atoms with E-state index in [2.05, 4.69) is 13.8 Å². The molecule has 31 heavy (non-hydrogen) atoms. The molecule has 1 fully saturated rings. The van der Waals surface area contributed by atoms with Crippen LogP contribution in [0.5, 0.6) is 0 Å². The number of nitrogens with zero attached hydrogens (tertiary/aromatic N) is 1. The van der Waals surface area contributed by atoms with Crippen LogP contribution in [0, 0.1) is 0 Å². The molecule has 1 rings (SSSR count). The van der Waals surface area contributed by atoms with Gasteiger partial charge in [0.05, 0.1) is 13.1 Å². The number of hydrogen-bond donors (Lipinski definition) is 2. The van der Waals surface area contributed by atoms with E-state index in [0.29, 0.717) is 0 Å². The van der Waals surface area contributed by atoms with Crippen molar-refractivity contribution in [2.24, 2.45) is 0 Å². The van der Waals surface area contributed by atoms with E-state index in [1.165, 1.54) is 128 Å². The molecule has 3 heteroatoms. The predicted molar refractivity (Wildman–Crippen MR) is 135 cm³/mol. The molecule has 0 aromatic heterocycles. The largest absolute Gasteiger partial charge is 0.384 e. The molecule has 0 aromatic carbocycles. The second-order valence-electron chi connectivity index (χ2n) is 10.7. The van der Waals surface area contributed by atoms with Gasteiger partial charge in [0.25, 0.3) is 0 Å². The van der Waals surface area contributed by atoms with E-state index >= 15 is 0 Å². The summed E-state index contributed by atoms with van der Waals surface area (Å²) in [5, 5.41) is 20.4. The van der Waals surface area contributed by atoms with E-state index in [1.807, 2.05) is 0 Å². The molecule has 186 valence electrons. The summed E-state index contributed by atoms with van der Waals surface area (Å²) in [4.78, 5) is 0. The molecule has 2 N–H and O–H groups in total. The Morgan fingerprint density at radius 1 is 0.452 bits per heavy atom. The highest BCUT2D eigenvalue weighted by Gasteiger charge is 2.42. The lowest BCUT2D eigenvalue weighted by Crippen LogP contribution is -2.48. The van der Waals surface area contributed by atoms with Gasteiger partial charge >= 0.3 is 0 Å². The lowest BCUT2D eigenvalue weighted by atomic mass is 10.1. The molecule has 0 amide bonds. The minimum atomic E-state index is -0.508. The maximum Gasteiger partial charge on any atom is 0.134 e. The normalized spacial score (nSPS) is 20.5. The van der Waals surface area contributed by atoms with Crippen LogP contribution in [0.4, 0.5) is 0 Å². The van der Waals surface area contributed by atoms with Crippen LogP contribution < -0.4 is 0 Å². The first-order valence-corrected chi connectivity index (χ1v) is 14.3. The van der Waals surface area contributed by atoms with Crippen LogP contribution in [-0.2, 0) is 0 Å². The molecule has 0 bridgehead atoms. The Kier molecular flexibility index (Phi) is 18.1. The maximum atomic E-state index is 10.2. The third kappa shape index (κ3) is 14.6. The first-order valence-electron chi connectivity index (χ1n) is 14.3. The van der Waals surface area contributed by atoms with Gasteiger partial charge in [-0.05, 0) is 25.7 Å². The van der Waals surface area contributed by atoms with Crippen molar-refractivity contribution < 1.29 is 14.7 Å². The molecule has 0 saturated carbocycles. The van der Waals surface area contributed by atoms with Crippen LogP contribution in [0.1, 0.15) is 142 Å². The van der Waals surface area contributed by atoms with Crippen molar-refractivity contribution in [1.82, 2.24) is 0 Å². The van der Waals surface area contributed by atoms with Crippen LogP contribution in [0.15, 0.2) is 0 Å². The number of aliphatic hydroxyl groups is 2. The van der Waals surface area contributed by atoms with E-state index in [9.17, 15) is 10.2 Å². The van der Waals surface area contributed by atoms with Crippen LogP contribution in [0.25, 0.3) is 0 Å². The fraction of sp³-hybridized carbons (Fsp3) is 1.00. The summed E-state index contributed by atoms with van der Waals surface area (Å²) in [7, 11) is 0. The Balaban J connectivity index is 2.10. The molecule has 3 nitrogen and oxygen atoms in total. The molecule has 2 unspecified atom stereocenters. The summed E-state index contributed by atoms with van der Waals surface area (Å²) in [6, 6.07) is 0. The Morgan fingerprint density at radius 2 is 0.710 bits per heavy atom. The van der Waals surface area contributed by atoms with E-state index < -0.39 is 12.2 Å². The minimum Gasteiger partial charge on any atom is -0.384 e. The third-order valence-corrected chi connectivity index (χ3v) is 7.56. The van der Waals surface area contributed by atoms with Crippen molar-refractivity contribution in [3.8, 4) is 0 Å². The van der Waals surface area contributed by atoms with Gasteiger partial charge < -0.3 is 14.7 Å². The van der Waals surface area contributed by atoms with Crippen LogP contribution >= 0.6 is 0 Å². The lowest BCUT2D eigenvalue weighted by molar-refractivity contribution is -0.919. The van der Waals surface area contributed by atoms with Crippen molar-refractivity contribution in [2.75, 3.05) is 26.2 Å². The zero-order valence-electron chi connectivity index (χ0n) is 21.5. The summed E-state index contributed by atoms with van der Waals surface area (Å²) in [5.74, 6) is 0. The third-order valence-electron chi connectivity index (χ3n) is 7.56. The number of hydrogen-bond acceptors (Lipinski definition) is 2. The first-order chi connectivity index (χ1) is 15.1. The van der Waals surface area contributed by atoms with E-state index in [-0.39, 0.29) is 0 Å². The van der Waals surface area contributed by atoms with E-state index in [4.69, 9.17) is 0 Å². The summed E-state index contributed by atoms with van der Waals surface area (Å²) >= 11 is 0. The standard InChI is InChI=1S/C28H58NO2/c1-3-5-7-9-11-13-15-17-19-21-23-29(25-27(30)28(31)26-29)24-22-20-18-16-14-12-10-8-6-4-2/h27-28,30-31H,3-26H2,1-2H3/q+1. The number of likely N-dealkylation sites (tertiary alicyclic amines) is 1. The topological polar surface area (TPSA) is 40.5 Å². The van der Waals surface area contributed by atoms with Crippen molar-refractivity contribution in [2.45, 2.75) is 154 Å². The molecule has 1 aliphatic rings. The highest BCUT2D eigenvalue weighted by Crippen LogP contribution is 2.24. The van der Waals surface area contributed by atoms with Crippen LogP contribution in [0.2, 0.25) is 0 Å². The molecule has 0 aliphatic carbocycles. The molecule has 1 heterocycles. The van der Waals surface area contributed by atoms with Crippen molar-refractivity contribution in [3.63, 3.8) is 0 Å². The summed E-state index contributed by atoms with van der Waals surface area (Å²) in [5.41, 5.74) is 0. The van der Waals surface area contributed by atoms with Crippen molar-refractivity contribution >= 4 is 0 Å². The van der Waals surface area contributed by atoms with Gasteiger partial charge in [0.1, 0.15) is 25.3 Å². The molecule has 0 aromatic rings. The van der Waals surface area contributed by atoms with Gasteiger partial charge in [-0.25, -0.2) is 0 Å². The second-order valence-corrected chi connectivity index (χ2v) is 10.7. The molecular formula is C28H58NO2+. The highest BCUT2D eigenvalue weighted by molar-refractivity contribution is 4.75. The van der Waals surface area contributed by atoms with Gasteiger partial charge in [-0.2, -0.15) is 0 Å². The number of rotatable bonds is 22. The number of quaternary nitrogens is 1. The highest BCUT2D eigenvalue weighted by atomic mass is 16.3. The van der Waals surface area contributed by atoms with Gasteiger partial charge in [-0.1, -0.05) is 117 Å². The molecule has 1 aliphatic heterocycles.